The Labute approximate surface area is 240 Å². The number of anilines is 2. The number of rotatable bonds is 10. The molecule has 2 aromatic rings. The Balaban J connectivity index is 1.72. The van der Waals surface area contributed by atoms with Crippen LogP contribution in [0.3, 0.4) is 0 Å². The number of piperazine rings is 1. The van der Waals surface area contributed by atoms with Crippen LogP contribution in [0.15, 0.2) is 30.3 Å². The minimum absolute atomic E-state index is 0.0555. The SMILES string of the molecule is CC(C)CC(O)C(=O)NCc1ccc(C(=O)Nc2ccc(Cl)cc2N2CCN(CCC(F)(F)F)C[C@H]2C)c(F)c1F. The molecule has 13 heteroatoms. The number of carbonyl (C=O) groups is 2. The van der Waals surface area contributed by atoms with E-state index in [4.69, 9.17) is 11.6 Å². The number of amides is 2. The second kappa shape index (κ2) is 13.8. The second-order valence-electron chi connectivity index (χ2n) is 10.6. The van der Waals surface area contributed by atoms with Crippen LogP contribution >= 0.6 is 11.6 Å². The molecule has 1 heterocycles. The van der Waals surface area contributed by atoms with Gasteiger partial charge in [-0.3, -0.25) is 14.5 Å². The predicted octanol–water partition coefficient (Wildman–Crippen LogP) is 5.36. The van der Waals surface area contributed by atoms with Crippen LogP contribution in [0, 0.1) is 17.6 Å². The summed E-state index contributed by atoms with van der Waals surface area (Å²) in [6.07, 6.45) is -6.24. The third-order valence-corrected chi connectivity index (χ3v) is 7.03. The van der Waals surface area contributed by atoms with E-state index in [-0.39, 0.29) is 42.7 Å². The molecule has 1 aliphatic rings. The molecule has 2 amide bonds. The van der Waals surface area contributed by atoms with Gasteiger partial charge in [-0.2, -0.15) is 13.2 Å². The highest BCUT2D eigenvalue weighted by atomic mass is 35.5. The normalized spacial score (nSPS) is 17.0. The third kappa shape index (κ3) is 9.01. The van der Waals surface area contributed by atoms with E-state index in [0.29, 0.717) is 30.3 Å². The highest BCUT2D eigenvalue weighted by Gasteiger charge is 2.31. The van der Waals surface area contributed by atoms with Crippen LogP contribution in [-0.2, 0) is 11.3 Å². The Morgan fingerprint density at radius 1 is 1.12 bits per heavy atom. The van der Waals surface area contributed by atoms with E-state index in [1.807, 2.05) is 25.7 Å². The van der Waals surface area contributed by atoms with Gasteiger partial charge >= 0.3 is 6.18 Å². The average Bonchev–Trinajstić information content (AvgIpc) is 2.88. The minimum atomic E-state index is -4.25. The van der Waals surface area contributed by atoms with Crippen LogP contribution in [0.25, 0.3) is 0 Å². The van der Waals surface area contributed by atoms with Crippen molar-refractivity contribution in [3.63, 3.8) is 0 Å². The molecule has 7 nitrogen and oxygen atoms in total. The maximum atomic E-state index is 14.9. The molecule has 3 rings (SSSR count). The lowest BCUT2D eigenvalue weighted by atomic mass is 10.1. The number of aliphatic hydroxyl groups is 1. The number of nitrogens with zero attached hydrogens (tertiary/aromatic N) is 2. The smallest absolute Gasteiger partial charge is 0.383 e. The minimum Gasteiger partial charge on any atom is -0.383 e. The Morgan fingerprint density at radius 2 is 1.83 bits per heavy atom. The van der Waals surface area contributed by atoms with Gasteiger partial charge in [0.15, 0.2) is 11.6 Å². The van der Waals surface area contributed by atoms with Crippen LogP contribution in [0.4, 0.5) is 33.3 Å². The predicted molar refractivity (Wildman–Crippen MR) is 147 cm³/mol. The summed E-state index contributed by atoms with van der Waals surface area (Å²) in [6, 6.07) is 6.66. The lowest BCUT2D eigenvalue weighted by Gasteiger charge is -2.42. The van der Waals surface area contributed by atoms with Gasteiger partial charge in [0, 0.05) is 49.4 Å². The number of benzene rings is 2. The molecule has 2 aromatic carbocycles. The molecule has 1 aliphatic heterocycles. The van der Waals surface area contributed by atoms with E-state index < -0.39 is 47.7 Å². The van der Waals surface area contributed by atoms with E-state index in [1.54, 1.807) is 11.0 Å². The second-order valence-corrected chi connectivity index (χ2v) is 11.0. The quantitative estimate of drug-likeness (QED) is 0.318. The Morgan fingerprint density at radius 3 is 2.46 bits per heavy atom. The van der Waals surface area contributed by atoms with Crippen LogP contribution in [0.2, 0.25) is 5.02 Å². The molecule has 0 saturated carbocycles. The van der Waals surface area contributed by atoms with Crippen LogP contribution < -0.4 is 15.5 Å². The van der Waals surface area contributed by atoms with Crippen molar-refractivity contribution in [3.05, 3.63) is 58.1 Å². The van der Waals surface area contributed by atoms with Crippen molar-refractivity contribution in [2.75, 3.05) is 36.4 Å². The maximum Gasteiger partial charge on any atom is 0.390 e. The Kier molecular flexibility index (Phi) is 11.0. The number of alkyl halides is 3. The van der Waals surface area contributed by atoms with Crippen LogP contribution in [-0.4, -0.2) is 66.3 Å². The molecule has 0 spiro atoms. The molecule has 1 fully saturated rings. The topological polar surface area (TPSA) is 84.9 Å². The molecule has 0 radical (unpaired) electrons. The van der Waals surface area contributed by atoms with E-state index in [1.165, 1.54) is 18.2 Å². The molecule has 226 valence electrons. The van der Waals surface area contributed by atoms with E-state index in [9.17, 15) is 36.6 Å². The number of nitrogens with one attached hydrogen (secondary N) is 2. The number of hydrogen-bond acceptors (Lipinski definition) is 5. The summed E-state index contributed by atoms with van der Waals surface area (Å²) in [4.78, 5) is 28.6. The first kappa shape index (κ1) is 32.6. The van der Waals surface area contributed by atoms with E-state index in [0.717, 1.165) is 6.07 Å². The van der Waals surface area contributed by atoms with Gasteiger partial charge in [-0.1, -0.05) is 31.5 Å². The molecule has 3 N–H and O–H groups in total. The summed E-state index contributed by atoms with van der Waals surface area (Å²) in [5, 5.41) is 15.2. The molecule has 1 saturated heterocycles. The van der Waals surface area contributed by atoms with Crippen molar-refractivity contribution in [2.24, 2.45) is 5.92 Å². The lowest BCUT2D eigenvalue weighted by Crippen LogP contribution is -2.52. The summed E-state index contributed by atoms with van der Waals surface area (Å²) in [6.45, 7) is 6.04. The standard InChI is InChI=1S/C28H34ClF5N4O3/c1-16(2)12-23(39)27(41)35-14-18-4-6-20(25(31)24(18)30)26(40)36-21-7-5-19(29)13-22(21)38-11-10-37(15-17(38)3)9-8-28(32,33)34/h4-7,13,16-17,23,39H,8-12,14-15H2,1-3H3,(H,35,41)(H,36,40)/t17-,23?/m1/s1. The fourth-order valence-corrected chi connectivity index (χ4v) is 4.84. The zero-order valence-corrected chi connectivity index (χ0v) is 23.8. The van der Waals surface area contributed by atoms with Gasteiger partial charge in [-0.05, 0) is 43.5 Å². The van der Waals surface area contributed by atoms with Gasteiger partial charge < -0.3 is 20.6 Å². The molecule has 0 aliphatic carbocycles. The molecular formula is C28H34ClF5N4O3. The molecular weight excluding hydrogens is 571 g/mol. The van der Waals surface area contributed by atoms with Gasteiger partial charge in [0.25, 0.3) is 5.91 Å². The highest BCUT2D eigenvalue weighted by Crippen LogP contribution is 2.33. The molecule has 41 heavy (non-hydrogen) atoms. The fourth-order valence-electron chi connectivity index (χ4n) is 4.67. The van der Waals surface area contributed by atoms with Crippen molar-refractivity contribution in [2.45, 2.75) is 58.5 Å². The first-order valence-electron chi connectivity index (χ1n) is 13.3. The number of halogens is 6. The fraction of sp³-hybridized carbons (Fsp3) is 0.500. The lowest BCUT2D eigenvalue weighted by molar-refractivity contribution is -0.138. The first-order chi connectivity index (χ1) is 19.2. The van der Waals surface area contributed by atoms with E-state index >= 15 is 0 Å². The summed E-state index contributed by atoms with van der Waals surface area (Å²) < 4.78 is 67.7. The number of aliphatic hydroxyl groups excluding tert-OH is 1. The van der Waals surface area contributed by atoms with Crippen molar-refractivity contribution >= 4 is 34.8 Å². The zero-order valence-electron chi connectivity index (χ0n) is 23.0. The van der Waals surface area contributed by atoms with Crippen molar-refractivity contribution in [1.82, 2.24) is 10.2 Å². The molecule has 2 atom stereocenters. The van der Waals surface area contributed by atoms with Crippen molar-refractivity contribution < 1.29 is 36.6 Å². The zero-order chi connectivity index (χ0) is 30.5. The van der Waals surface area contributed by atoms with E-state index in [2.05, 4.69) is 10.6 Å². The monoisotopic (exact) mass is 604 g/mol. The maximum absolute atomic E-state index is 14.9. The molecule has 1 unspecified atom stereocenters. The summed E-state index contributed by atoms with van der Waals surface area (Å²) in [5.41, 5.74) is -0.00356. The van der Waals surface area contributed by atoms with Gasteiger partial charge in [-0.15, -0.1) is 0 Å². The van der Waals surface area contributed by atoms with Crippen LogP contribution in [0.1, 0.15) is 49.5 Å². The van der Waals surface area contributed by atoms with Gasteiger partial charge in [-0.25, -0.2) is 8.78 Å². The summed E-state index contributed by atoms with van der Waals surface area (Å²) in [7, 11) is 0. The van der Waals surface area contributed by atoms with Gasteiger partial charge in [0.2, 0.25) is 5.91 Å². The third-order valence-electron chi connectivity index (χ3n) is 6.80. The van der Waals surface area contributed by atoms with Gasteiger partial charge in [0.1, 0.15) is 6.10 Å². The number of hydrogen-bond donors (Lipinski definition) is 3. The number of carbonyl (C=O) groups excluding carboxylic acids is 2. The van der Waals surface area contributed by atoms with Crippen molar-refractivity contribution in [3.8, 4) is 0 Å². The Bertz CT molecular complexity index is 1240. The molecule has 0 aromatic heterocycles. The van der Waals surface area contributed by atoms with Crippen LogP contribution in [0.5, 0.6) is 0 Å². The molecule has 0 bridgehead atoms. The van der Waals surface area contributed by atoms with Gasteiger partial charge in [0.05, 0.1) is 23.4 Å². The highest BCUT2D eigenvalue weighted by molar-refractivity contribution is 6.31. The average molecular weight is 605 g/mol. The largest absolute Gasteiger partial charge is 0.390 e. The summed E-state index contributed by atoms with van der Waals surface area (Å²) >= 11 is 6.20. The first-order valence-corrected chi connectivity index (χ1v) is 13.6. The van der Waals surface area contributed by atoms with Crippen molar-refractivity contribution in [1.29, 1.82) is 0 Å². The summed E-state index contributed by atoms with van der Waals surface area (Å²) in [5.74, 6) is -4.30. The Hall–Kier alpha value is -2.96.